The fourth-order valence-corrected chi connectivity index (χ4v) is 2.67. The number of ether oxygens (including phenoxy) is 1. The number of hydrogen-bond donors (Lipinski definition) is 3. The van der Waals surface area contributed by atoms with E-state index in [0.29, 0.717) is 24.5 Å². The van der Waals surface area contributed by atoms with E-state index in [4.69, 9.17) is 10.5 Å². The first kappa shape index (κ1) is 15.3. The van der Waals surface area contributed by atoms with Gasteiger partial charge in [-0.25, -0.2) is 5.43 Å². The number of hydrogen-bond acceptors (Lipinski definition) is 4. The summed E-state index contributed by atoms with van der Waals surface area (Å²) in [6.07, 6.45) is 3.58. The molecule has 0 radical (unpaired) electrons. The molecule has 1 fully saturated rings. The smallest absolute Gasteiger partial charge is 0.119 e. The van der Waals surface area contributed by atoms with Gasteiger partial charge in [0.25, 0.3) is 0 Å². The molecule has 4 heteroatoms. The maximum absolute atomic E-state index is 5.75. The fraction of sp³-hybridized carbons (Fsp3) is 0.625. The Bertz CT molecular complexity index is 393. The van der Waals surface area contributed by atoms with Crippen LogP contribution in [0.15, 0.2) is 24.3 Å². The van der Waals surface area contributed by atoms with Crippen molar-refractivity contribution in [1.82, 2.24) is 10.9 Å². The molecule has 4 N–H and O–H groups in total. The summed E-state index contributed by atoms with van der Waals surface area (Å²) in [4.78, 5) is 0. The lowest BCUT2D eigenvalue weighted by Crippen LogP contribution is -2.37. The minimum Gasteiger partial charge on any atom is -0.494 e. The SMILES string of the molecule is CCCCCOc1ccc(C2NNC(CN)C2C)cc1. The summed E-state index contributed by atoms with van der Waals surface area (Å²) in [5.74, 6) is 1.44. The zero-order chi connectivity index (χ0) is 14.4. The van der Waals surface area contributed by atoms with Crippen LogP contribution in [0.3, 0.4) is 0 Å². The third-order valence-corrected chi connectivity index (χ3v) is 4.09. The summed E-state index contributed by atoms with van der Waals surface area (Å²) in [6.45, 7) is 5.89. The second-order valence-corrected chi connectivity index (χ2v) is 5.59. The van der Waals surface area contributed by atoms with Crippen LogP contribution in [0.1, 0.15) is 44.7 Å². The third-order valence-electron chi connectivity index (χ3n) is 4.09. The Morgan fingerprint density at radius 3 is 2.50 bits per heavy atom. The topological polar surface area (TPSA) is 59.3 Å². The number of unbranched alkanes of at least 4 members (excludes halogenated alkanes) is 2. The highest BCUT2D eigenvalue weighted by Crippen LogP contribution is 2.29. The summed E-state index contributed by atoms with van der Waals surface area (Å²) < 4.78 is 5.74. The highest BCUT2D eigenvalue weighted by atomic mass is 16.5. The summed E-state index contributed by atoms with van der Waals surface area (Å²) in [6, 6.07) is 9.06. The lowest BCUT2D eigenvalue weighted by atomic mass is 9.91. The van der Waals surface area contributed by atoms with Gasteiger partial charge in [-0.05, 0) is 30.0 Å². The van der Waals surface area contributed by atoms with Crippen LogP contribution < -0.4 is 21.3 Å². The monoisotopic (exact) mass is 277 g/mol. The summed E-state index contributed by atoms with van der Waals surface area (Å²) in [5, 5.41) is 0. The molecule has 0 aromatic heterocycles. The van der Waals surface area contributed by atoms with Crippen LogP contribution in [0, 0.1) is 5.92 Å². The van der Waals surface area contributed by atoms with Crippen molar-refractivity contribution in [3.63, 3.8) is 0 Å². The summed E-state index contributed by atoms with van der Waals surface area (Å²) in [5.41, 5.74) is 13.6. The number of nitrogens with one attached hydrogen (secondary N) is 2. The molecule has 0 aliphatic carbocycles. The lowest BCUT2D eigenvalue weighted by Gasteiger charge is -2.18. The highest BCUT2D eigenvalue weighted by Gasteiger charge is 2.32. The molecule has 1 aromatic rings. The fourth-order valence-electron chi connectivity index (χ4n) is 2.67. The van der Waals surface area contributed by atoms with Gasteiger partial charge >= 0.3 is 0 Å². The van der Waals surface area contributed by atoms with Crippen molar-refractivity contribution in [2.75, 3.05) is 13.2 Å². The Hall–Kier alpha value is -1.10. The largest absolute Gasteiger partial charge is 0.494 e. The van der Waals surface area contributed by atoms with E-state index in [-0.39, 0.29) is 0 Å². The van der Waals surface area contributed by atoms with Crippen molar-refractivity contribution in [3.8, 4) is 5.75 Å². The Morgan fingerprint density at radius 1 is 1.15 bits per heavy atom. The van der Waals surface area contributed by atoms with Gasteiger partial charge in [0, 0.05) is 12.6 Å². The molecule has 0 spiro atoms. The van der Waals surface area contributed by atoms with Crippen LogP contribution >= 0.6 is 0 Å². The standard InChI is InChI=1S/C16H27N3O/c1-3-4-5-10-20-14-8-6-13(7-9-14)16-12(2)15(11-17)18-19-16/h6-9,12,15-16,18-19H,3-5,10-11,17H2,1-2H3. The average Bonchev–Trinajstić information content (AvgIpc) is 2.85. The molecule has 3 atom stereocenters. The first-order valence-corrected chi connectivity index (χ1v) is 7.70. The molecule has 3 unspecified atom stereocenters. The van der Waals surface area contributed by atoms with Gasteiger partial charge in [-0.3, -0.25) is 5.43 Å². The molecular formula is C16H27N3O. The highest BCUT2D eigenvalue weighted by molar-refractivity contribution is 5.30. The molecule has 0 amide bonds. The minimum atomic E-state index is 0.317. The maximum atomic E-state index is 5.75. The molecule has 112 valence electrons. The normalized spacial score (nSPS) is 25.9. The van der Waals surface area contributed by atoms with E-state index in [1.165, 1.54) is 18.4 Å². The van der Waals surface area contributed by atoms with Gasteiger partial charge in [-0.15, -0.1) is 0 Å². The molecule has 1 saturated heterocycles. The second-order valence-electron chi connectivity index (χ2n) is 5.59. The Kier molecular flexibility index (Phi) is 5.83. The molecule has 2 rings (SSSR count). The molecule has 20 heavy (non-hydrogen) atoms. The van der Waals surface area contributed by atoms with Crippen LogP contribution in [0.2, 0.25) is 0 Å². The molecule has 4 nitrogen and oxygen atoms in total. The van der Waals surface area contributed by atoms with Crippen molar-refractivity contribution in [2.45, 2.75) is 45.2 Å². The van der Waals surface area contributed by atoms with Crippen molar-refractivity contribution in [3.05, 3.63) is 29.8 Å². The zero-order valence-corrected chi connectivity index (χ0v) is 12.6. The quantitative estimate of drug-likeness (QED) is 0.670. The number of hydrazine groups is 1. The maximum Gasteiger partial charge on any atom is 0.119 e. The van der Waals surface area contributed by atoms with E-state index < -0.39 is 0 Å². The molecule has 0 saturated carbocycles. The first-order chi connectivity index (χ1) is 9.76. The molecule has 1 aliphatic rings. The van der Waals surface area contributed by atoms with E-state index >= 15 is 0 Å². The molecule has 1 heterocycles. The van der Waals surface area contributed by atoms with Crippen molar-refractivity contribution in [2.24, 2.45) is 11.7 Å². The summed E-state index contributed by atoms with van der Waals surface area (Å²) >= 11 is 0. The predicted molar refractivity (Wildman–Crippen MR) is 82.5 cm³/mol. The summed E-state index contributed by atoms with van der Waals surface area (Å²) in [7, 11) is 0. The van der Waals surface area contributed by atoms with Crippen molar-refractivity contribution >= 4 is 0 Å². The Morgan fingerprint density at radius 2 is 1.90 bits per heavy atom. The van der Waals surface area contributed by atoms with Gasteiger partial charge in [0.15, 0.2) is 0 Å². The van der Waals surface area contributed by atoms with E-state index in [9.17, 15) is 0 Å². The van der Waals surface area contributed by atoms with Crippen molar-refractivity contribution < 1.29 is 4.74 Å². The van der Waals surface area contributed by atoms with Gasteiger partial charge in [0.1, 0.15) is 5.75 Å². The van der Waals surface area contributed by atoms with Crippen molar-refractivity contribution in [1.29, 1.82) is 0 Å². The van der Waals surface area contributed by atoms with Gasteiger partial charge in [-0.2, -0.15) is 0 Å². The van der Waals surface area contributed by atoms with Gasteiger partial charge in [-0.1, -0.05) is 38.8 Å². The number of nitrogens with two attached hydrogens (primary N) is 1. The molecule has 1 aliphatic heterocycles. The van der Waals surface area contributed by atoms with E-state index in [2.05, 4.69) is 49.0 Å². The Balaban J connectivity index is 1.88. The van der Waals surface area contributed by atoms with Crippen LogP contribution in [0.25, 0.3) is 0 Å². The van der Waals surface area contributed by atoms with Crippen LogP contribution in [0.5, 0.6) is 5.75 Å². The number of rotatable bonds is 7. The third kappa shape index (κ3) is 3.72. The van der Waals surface area contributed by atoms with Gasteiger partial charge < -0.3 is 10.5 Å². The second kappa shape index (κ2) is 7.62. The first-order valence-electron chi connectivity index (χ1n) is 7.70. The minimum absolute atomic E-state index is 0.317. The molecular weight excluding hydrogens is 250 g/mol. The molecule has 1 aromatic carbocycles. The van der Waals surface area contributed by atoms with Crippen LogP contribution in [-0.4, -0.2) is 19.2 Å². The average molecular weight is 277 g/mol. The van der Waals surface area contributed by atoms with E-state index in [1.807, 2.05) is 0 Å². The predicted octanol–water partition coefficient (Wildman–Crippen LogP) is 2.37. The van der Waals surface area contributed by atoms with E-state index in [0.717, 1.165) is 18.8 Å². The number of benzene rings is 1. The Labute approximate surface area is 122 Å². The van der Waals surface area contributed by atoms with Crippen LogP contribution in [0.4, 0.5) is 0 Å². The van der Waals surface area contributed by atoms with Gasteiger partial charge in [0.05, 0.1) is 12.6 Å². The molecule has 0 bridgehead atoms. The lowest BCUT2D eigenvalue weighted by molar-refractivity contribution is 0.306. The zero-order valence-electron chi connectivity index (χ0n) is 12.6. The van der Waals surface area contributed by atoms with Crippen LogP contribution in [-0.2, 0) is 0 Å². The van der Waals surface area contributed by atoms with E-state index in [1.54, 1.807) is 0 Å². The van der Waals surface area contributed by atoms with Gasteiger partial charge in [0.2, 0.25) is 0 Å².